The monoisotopic (exact) mass is 329 g/mol. The van der Waals surface area contributed by atoms with Gasteiger partial charge in [0.15, 0.2) is 11.5 Å². The molecule has 0 bridgehead atoms. The topological polar surface area (TPSA) is 92.4 Å². The molecule has 0 fully saturated rings. The van der Waals surface area contributed by atoms with Gasteiger partial charge in [-0.05, 0) is 30.7 Å². The van der Waals surface area contributed by atoms with E-state index in [1.165, 1.54) is 10.6 Å². The van der Waals surface area contributed by atoms with Crippen molar-refractivity contribution >= 4 is 17.4 Å². The Balaban J connectivity index is 2.00. The molecule has 0 aliphatic heterocycles. The van der Waals surface area contributed by atoms with Gasteiger partial charge in [0.1, 0.15) is 17.7 Å². The highest BCUT2D eigenvalue weighted by Gasteiger charge is 2.18. The van der Waals surface area contributed by atoms with E-state index in [0.29, 0.717) is 17.9 Å². The number of benzene rings is 1. The molecule has 0 saturated heterocycles. The fraction of sp³-hybridized carbons (Fsp3) is 0.250. The first kappa shape index (κ1) is 15.9. The molecule has 8 heteroatoms. The van der Waals surface area contributed by atoms with E-state index in [9.17, 15) is 14.3 Å². The first-order chi connectivity index (χ1) is 11.6. The lowest BCUT2D eigenvalue weighted by Gasteiger charge is -2.14. The summed E-state index contributed by atoms with van der Waals surface area (Å²) in [6.07, 6.45) is 1.19. The highest BCUT2D eigenvalue weighted by Crippen LogP contribution is 2.21. The van der Waals surface area contributed by atoms with Gasteiger partial charge in [0, 0.05) is 0 Å². The van der Waals surface area contributed by atoms with E-state index < -0.39 is 17.8 Å². The average molecular weight is 329 g/mol. The molecule has 1 aromatic carbocycles. The van der Waals surface area contributed by atoms with Crippen LogP contribution in [0, 0.1) is 5.82 Å². The van der Waals surface area contributed by atoms with Crippen molar-refractivity contribution in [3.8, 4) is 11.4 Å². The molecule has 0 spiro atoms. The van der Waals surface area contributed by atoms with Crippen LogP contribution in [0.2, 0.25) is 0 Å². The number of aromatic nitrogens is 4. The van der Waals surface area contributed by atoms with Crippen LogP contribution in [0.1, 0.15) is 19.8 Å². The van der Waals surface area contributed by atoms with E-state index in [0.717, 1.165) is 6.42 Å². The normalized spacial score (nSPS) is 12.2. The number of aliphatic carboxylic acids is 1. The Morgan fingerprint density at radius 2 is 2.08 bits per heavy atom. The van der Waals surface area contributed by atoms with Crippen LogP contribution in [0.25, 0.3) is 17.0 Å². The minimum absolute atomic E-state index is 0.258. The van der Waals surface area contributed by atoms with E-state index in [2.05, 4.69) is 20.6 Å². The molecule has 2 aromatic heterocycles. The van der Waals surface area contributed by atoms with Crippen LogP contribution in [0.4, 0.5) is 10.2 Å². The van der Waals surface area contributed by atoms with Gasteiger partial charge < -0.3 is 10.4 Å². The molecule has 0 aliphatic rings. The summed E-state index contributed by atoms with van der Waals surface area (Å²) in [5.74, 6) is -0.756. The van der Waals surface area contributed by atoms with Gasteiger partial charge in [0.05, 0.1) is 5.56 Å². The first-order valence-electron chi connectivity index (χ1n) is 7.57. The minimum Gasteiger partial charge on any atom is -0.480 e. The molecule has 0 aliphatic carbocycles. The molecule has 1 unspecified atom stereocenters. The number of nitrogens with zero attached hydrogens (tertiary/aromatic N) is 4. The Bertz CT molecular complexity index is 880. The summed E-state index contributed by atoms with van der Waals surface area (Å²) < 4.78 is 15.4. The maximum atomic E-state index is 14.0. The summed E-state index contributed by atoms with van der Waals surface area (Å²) in [5, 5.41) is 24.4. The summed E-state index contributed by atoms with van der Waals surface area (Å²) in [5.41, 5.74) is 0.721. The number of fused-ring (bicyclic) bond motifs is 1. The maximum absolute atomic E-state index is 14.0. The molecule has 0 radical (unpaired) electrons. The molecule has 7 nitrogen and oxygen atoms in total. The van der Waals surface area contributed by atoms with Gasteiger partial charge in [-0.2, -0.15) is 4.52 Å². The molecule has 2 heterocycles. The molecule has 24 heavy (non-hydrogen) atoms. The number of halogens is 1. The summed E-state index contributed by atoms with van der Waals surface area (Å²) in [6, 6.07) is 8.74. The van der Waals surface area contributed by atoms with Crippen molar-refractivity contribution in [2.75, 3.05) is 5.32 Å². The van der Waals surface area contributed by atoms with Crippen molar-refractivity contribution in [3.63, 3.8) is 0 Å². The Labute approximate surface area is 137 Å². The Kier molecular flexibility index (Phi) is 4.37. The quantitative estimate of drug-likeness (QED) is 0.722. The van der Waals surface area contributed by atoms with Gasteiger partial charge in [-0.25, -0.2) is 9.18 Å². The highest BCUT2D eigenvalue weighted by molar-refractivity contribution is 5.76. The van der Waals surface area contributed by atoms with Crippen LogP contribution in [0.15, 0.2) is 36.4 Å². The lowest BCUT2D eigenvalue weighted by atomic mass is 10.2. The van der Waals surface area contributed by atoms with E-state index >= 15 is 0 Å². The highest BCUT2D eigenvalue weighted by atomic mass is 19.1. The Hall–Kier alpha value is -3.03. The smallest absolute Gasteiger partial charge is 0.326 e. The summed E-state index contributed by atoms with van der Waals surface area (Å²) >= 11 is 0. The van der Waals surface area contributed by atoms with Gasteiger partial charge >= 0.3 is 5.97 Å². The fourth-order valence-electron chi connectivity index (χ4n) is 2.40. The number of nitrogens with one attached hydrogen (secondary N) is 1. The van der Waals surface area contributed by atoms with E-state index in [1.54, 1.807) is 30.3 Å². The van der Waals surface area contributed by atoms with Crippen molar-refractivity contribution in [2.45, 2.75) is 25.8 Å². The van der Waals surface area contributed by atoms with Crippen LogP contribution >= 0.6 is 0 Å². The van der Waals surface area contributed by atoms with Crippen molar-refractivity contribution < 1.29 is 14.3 Å². The number of hydrogen-bond acceptors (Lipinski definition) is 5. The van der Waals surface area contributed by atoms with Crippen LogP contribution < -0.4 is 5.32 Å². The summed E-state index contributed by atoms with van der Waals surface area (Å²) in [6.45, 7) is 1.91. The minimum atomic E-state index is -0.947. The van der Waals surface area contributed by atoms with E-state index in [1.807, 2.05) is 6.92 Å². The summed E-state index contributed by atoms with van der Waals surface area (Å²) in [7, 11) is 0. The number of carboxylic acid groups (broad SMARTS) is 1. The Morgan fingerprint density at radius 3 is 2.79 bits per heavy atom. The third-order valence-electron chi connectivity index (χ3n) is 3.58. The van der Waals surface area contributed by atoms with Crippen molar-refractivity contribution in [1.29, 1.82) is 0 Å². The molecule has 2 N–H and O–H groups in total. The van der Waals surface area contributed by atoms with Crippen LogP contribution in [-0.4, -0.2) is 36.9 Å². The molecule has 124 valence electrons. The standard InChI is InChI=1S/C16H16FN5O2/c1-2-5-12(16(23)24)18-13-8-9-14-19-20-15(22(14)21-13)10-6-3-4-7-11(10)17/h3-4,6-9,12H,2,5H2,1H3,(H,18,21)(H,23,24). The second-order valence-electron chi connectivity index (χ2n) is 5.32. The van der Waals surface area contributed by atoms with Gasteiger partial charge in [-0.15, -0.1) is 15.3 Å². The molecule has 0 amide bonds. The fourth-order valence-corrected chi connectivity index (χ4v) is 2.40. The van der Waals surface area contributed by atoms with E-state index in [4.69, 9.17) is 0 Å². The van der Waals surface area contributed by atoms with E-state index in [-0.39, 0.29) is 11.4 Å². The predicted molar refractivity (Wildman–Crippen MR) is 86.1 cm³/mol. The number of carboxylic acids is 1. The number of carbonyl (C=O) groups is 1. The lowest BCUT2D eigenvalue weighted by Crippen LogP contribution is -2.29. The SMILES string of the molecule is CCCC(Nc1ccc2nnc(-c3ccccc3F)n2n1)C(=O)O. The zero-order valence-corrected chi connectivity index (χ0v) is 13.0. The maximum Gasteiger partial charge on any atom is 0.326 e. The second kappa shape index (κ2) is 6.61. The zero-order valence-electron chi connectivity index (χ0n) is 13.0. The number of rotatable bonds is 6. The zero-order chi connectivity index (χ0) is 17.1. The summed E-state index contributed by atoms with van der Waals surface area (Å²) in [4.78, 5) is 11.3. The lowest BCUT2D eigenvalue weighted by molar-refractivity contribution is -0.138. The van der Waals surface area contributed by atoms with Crippen LogP contribution in [-0.2, 0) is 4.79 Å². The molecule has 1 atom stereocenters. The number of anilines is 1. The van der Waals surface area contributed by atoms with Gasteiger partial charge in [-0.1, -0.05) is 25.5 Å². The molecular formula is C16H16FN5O2. The van der Waals surface area contributed by atoms with Crippen LogP contribution in [0.3, 0.4) is 0 Å². The van der Waals surface area contributed by atoms with Crippen molar-refractivity contribution in [2.24, 2.45) is 0 Å². The Morgan fingerprint density at radius 1 is 1.29 bits per heavy atom. The second-order valence-corrected chi connectivity index (χ2v) is 5.32. The molecule has 0 saturated carbocycles. The largest absolute Gasteiger partial charge is 0.480 e. The molecule has 3 aromatic rings. The first-order valence-corrected chi connectivity index (χ1v) is 7.57. The van der Waals surface area contributed by atoms with Crippen molar-refractivity contribution in [1.82, 2.24) is 19.8 Å². The van der Waals surface area contributed by atoms with Gasteiger partial charge in [0.2, 0.25) is 0 Å². The molecule has 3 rings (SSSR count). The van der Waals surface area contributed by atoms with Gasteiger partial charge in [-0.3, -0.25) is 0 Å². The van der Waals surface area contributed by atoms with Crippen LogP contribution in [0.5, 0.6) is 0 Å². The predicted octanol–water partition coefficient (Wildman–Crippen LogP) is 2.60. The number of hydrogen-bond donors (Lipinski definition) is 2. The third kappa shape index (κ3) is 3.03. The van der Waals surface area contributed by atoms with Gasteiger partial charge in [0.25, 0.3) is 0 Å². The third-order valence-corrected chi connectivity index (χ3v) is 3.58. The average Bonchev–Trinajstić information content (AvgIpc) is 2.98. The van der Waals surface area contributed by atoms with Crippen molar-refractivity contribution in [3.05, 3.63) is 42.2 Å². The molecular weight excluding hydrogens is 313 g/mol.